The van der Waals surface area contributed by atoms with Crippen LogP contribution in [0.5, 0.6) is 0 Å². The molecule has 1 aliphatic rings. The van der Waals surface area contributed by atoms with Crippen LogP contribution in [0.2, 0.25) is 0 Å². The molecule has 0 saturated heterocycles. The smallest absolute Gasteiger partial charge is 0.307 e. The molecule has 0 aliphatic heterocycles. The lowest BCUT2D eigenvalue weighted by Gasteiger charge is -2.17. The molecule has 4 rings (SSSR count). The maximum absolute atomic E-state index is 13.4. The number of alkyl halides is 6. The fraction of sp³-hybridized carbons (Fsp3) is 0.308. The third-order valence-corrected chi connectivity index (χ3v) is 7.81. The molecule has 1 aromatic heterocycles. The Balaban J connectivity index is 1.70. The molecule has 0 spiro atoms. The lowest BCUT2D eigenvalue weighted by molar-refractivity contribution is -0.137. The summed E-state index contributed by atoms with van der Waals surface area (Å²) in [6, 6.07) is 10.2. The monoisotopic (exact) mass is 586 g/mol. The normalized spacial score (nSPS) is 14.8. The molecule has 1 aliphatic carbocycles. The van der Waals surface area contributed by atoms with Crippen molar-refractivity contribution < 1.29 is 39.6 Å². The number of hydrogen-bond acceptors (Lipinski definition) is 4. The van der Waals surface area contributed by atoms with Gasteiger partial charge in [-0.05, 0) is 48.1 Å². The molecule has 0 atom stereocenters. The number of rotatable bonds is 7. The van der Waals surface area contributed by atoms with Crippen LogP contribution in [0.15, 0.2) is 65.8 Å². The SMILES string of the molecule is O=C(Nc1cc(S(=O)(=O)NCC(F)(F)F)ccc1-c1cccc(C2CCCC2)c1)Nc1cnccc1C(F)(F)F. The average Bonchev–Trinajstić information content (AvgIpc) is 3.42. The van der Waals surface area contributed by atoms with Crippen LogP contribution in [0.1, 0.15) is 42.7 Å². The van der Waals surface area contributed by atoms with Crippen LogP contribution in [-0.2, 0) is 16.2 Å². The third kappa shape index (κ3) is 7.30. The third-order valence-electron chi connectivity index (χ3n) is 6.41. The fourth-order valence-corrected chi connectivity index (χ4v) is 5.58. The first-order valence-electron chi connectivity index (χ1n) is 12.1. The molecule has 2 aromatic carbocycles. The minimum Gasteiger partial charge on any atom is -0.307 e. The maximum Gasteiger partial charge on any atom is 0.418 e. The molecule has 2 amide bonds. The van der Waals surface area contributed by atoms with Gasteiger partial charge in [-0.3, -0.25) is 4.98 Å². The molecule has 214 valence electrons. The van der Waals surface area contributed by atoms with Crippen molar-refractivity contribution in [3.8, 4) is 11.1 Å². The van der Waals surface area contributed by atoms with Crippen LogP contribution in [0, 0.1) is 0 Å². The Kier molecular flexibility index (Phi) is 8.40. The van der Waals surface area contributed by atoms with Crippen molar-refractivity contribution in [1.29, 1.82) is 0 Å². The van der Waals surface area contributed by atoms with E-state index in [1.54, 1.807) is 12.1 Å². The lowest BCUT2D eigenvalue weighted by Crippen LogP contribution is -2.33. The first-order valence-corrected chi connectivity index (χ1v) is 13.6. The van der Waals surface area contributed by atoms with E-state index >= 15 is 0 Å². The summed E-state index contributed by atoms with van der Waals surface area (Å²) in [7, 11) is -4.66. The second-order valence-corrected chi connectivity index (χ2v) is 11.0. The first kappa shape index (κ1) is 29.3. The molecule has 1 saturated carbocycles. The van der Waals surface area contributed by atoms with Crippen LogP contribution in [0.4, 0.5) is 42.5 Å². The van der Waals surface area contributed by atoms with Crippen molar-refractivity contribution in [3.63, 3.8) is 0 Å². The zero-order chi connectivity index (χ0) is 29.1. The number of sulfonamides is 1. The van der Waals surface area contributed by atoms with E-state index < -0.39 is 51.1 Å². The number of benzene rings is 2. The van der Waals surface area contributed by atoms with Gasteiger partial charge in [-0.2, -0.15) is 26.3 Å². The highest BCUT2D eigenvalue weighted by atomic mass is 32.2. The van der Waals surface area contributed by atoms with Gasteiger partial charge in [-0.1, -0.05) is 43.2 Å². The molecule has 0 unspecified atom stereocenters. The number of amides is 2. The standard InChI is InChI=1S/C26H24F6N4O3S/c27-25(28,29)15-34-40(38,39)19-8-9-20(18-7-3-6-17(12-18)16-4-1-2-5-16)22(13-19)35-24(37)36-23-14-33-11-10-21(23)26(30,31)32/h3,6-14,16,34H,1-2,4-5,15H2,(H2,35,36,37). The molecule has 40 heavy (non-hydrogen) atoms. The number of nitrogens with zero attached hydrogens (tertiary/aromatic N) is 1. The van der Waals surface area contributed by atoms with E-state index in [9.17, 15) is 39.6 Å². The number of aromatic nitrogens is 1. The summed E-state index contributed by atoms with van der Waals surface area (Å²) >= 11 is 0. The summed E-state index contributed by atoms with van der Waals surface area (Å²) in [6.45, 7) is -1.81. The number of halogens is 6. The van der Waals surface area contributed by atoms with Gasteiger partial charge in [0.2, 0.25) is 10.0 Å². The minimum atomic E-state index is -4.81. The van der Waals surface area contributed by atoms with Gasteiger partial charge in [0.15, 0.2) is 0 Å². The van der Waals surface area contributed by atoms with E-state index in [0.29, 0.717) is 23.1 Å². The van der Waals surface area contributed by atoms with Gasteiger partial charge in [0.1, 0.15) is 6.54 Å². The van der Waals surface area contributed by atoms with Crippen LogP contribution in [0.3, 0.4) is 0 Å². The van der Waals surface area contributed by atoms with Gasteiger partial charge in [-0.25, -0.2) is 17.9 Å². The number of anilines is 2. The van der Waals surface area contributed by atoms with E-state index in [1.807, 2.05) is 12.1 Å². The summed E-state index contributed by atoms with van der Waals surface area (Å²) in [4.78, 5) is 15.8. The number of urea groups is 1. The summed E-state index contributed by atoms with van der Waals surface area (Å²) < 4.78 is 105. The van der Waals surface area contributed by atoms with Crippen molar-refractivity contribution in [3.05, 3.63) is 72.1 Å². The molecule has 14 heteroatoms. The van der Waals surface area contributed by atoms with Crippen LogP contribution >= 0.6 is 0 Å². The molecular weight excluding hydrogens is 562 g/mol. The minimum absolute atomic E-state index is 0.145. The molecule has 7 nitrogen and oxygen atoms in total. The van der Waals surface area contributed by atoms with Crippen molar-refractivity contribution in [2.45, 2.75) is 48.8 Å². The predicted molar refractivity (Wildman–Crippen MR) is 136 cm³/mol. The van der Waals surface area contributed by atoms with E-state index in [-0.39, 0.29) is 5.69 Å². The molecular formula is C26H24F6N4O3S. The zero-order valence-corrected chi connectivity index (χ0v) is 21.6. The summed E-state index contributed by atoms with van der Waals surface area (Å²) in [5.74, 6) is 0.317. The molecule has 3 N–H and O–H groups in total. The van der Waals surface area contributed by atoms with Crippen LogP contribution in [0.25, 0.3) is 11.1 Å². The van der Waals surface area contributed by atoms with Gasteiger partial charge in [0.05, 0.1) is 28.0 Å². The van der Waals surface area contributed by atoms with E-state index in [2.05, 4.69) is 15.6 Å². The van der Waals surface area contributed by atoms with Crippen LogP contribution < -0.4 is 15.4 Å². The number of pyridine rings is 1. The van der Waals surface area contributed by atoms with Gasteiger partial charge in [-0.15, -0.1) is 0 Å². The fourth-order valence-electron chi connectivity index (χ4n) is 4.54. The van der Waals surface area contributed by atoms with Gasteiger partial charge < -0.3 is 10.6 Å². The number of nitrogens with one attached hydrogen (secondary N) is 3. The maximum atomic E-state index is 13.4. The Labute approximate surface area is 226 Å². The number of carbonyl (C=O) groups is 1. The van der Waals surface area contributed by atoms with Gasteiger partial charge in [0, 0.05) is 11.8 Å². The molecule has 1 heterocycles. The number of carbonyl (C=O) groups excluding carboxylic acids is 1. The first-order chi connectivity index (χ1) is 18.7. The van der Waals surface area contributed by atoms with Gasteiger partial charge in [0.25, 0.3) is 0 Å². The van der Waals surface area contributed by atoms with Crippen LogP contribution in [-0.4, -0.2) is 32.2 Å². The Morgan fingerprint density at radius 1 is 0.925 bits per heavy atom. The molecule has 3 aromatic rings. The van der Waals surface area contributed by atoms with Crippen molar-refractivity contribution >= 4 is 27.4 Å². The summed E-state index contributed by atoms with van der Waals surface area (Å²) in [6.07, 6.45) is -3.76. The quantitative estimate of drug-likeness (QED) is 0.262. The Morgan fingerprint density at radius 3 is 2.30 bits per heavy atom. The Hall–Kier alpha value is -3.65. The average molecular weight is 587 g/mol. The highest BCUT2D eigenvalue weighted by Gasteiger charge is 2.34. The topological polar surface area (TPSA) is 100 Å². The Morgan fingerprint density at radius 2 is 1.62 bits per heavy atom. The highest BCUT2D eigenvalue weighted by molar-refractivity contribution is 7.89. The second kappa shape index (κ2) is 11.5. The Bertz CT molecular complexity index is 1490. The number of hydrogen-bond donors (Lipinski definition) is 3. The van der Waals surface area contributed by atoms with Crippen molar-refractivity contribution in [2.75, 3.05) is 17.2 Å². The highest BCUT2D eigenvalue weighted by Crippen LogP contribution is 2.38. The van der Waals surface area contributed by atoms with Crippen molar-refractivity contribution in [2.24, 2.45) is 0 Å². The van der Waals surface area contributed by atoms with Gasteiger partial charge >= 0.3 is 18.4 Å². The van der Waals surface area contributed by atoms with E-state index in [4.69, 9.17) is 0 Å². The van der Waals surface area contributed by atoms with E-state index in [0.717, 1.165) is 55.8 Å². The molecule has 0 radical (unpaired) electrons. The van der Waals surface area contributed by atoms with E-state index in [1.165, 1.54) is 10.8 Å². The summed E-state index contributed by atoms with van der Waals surface area (Å²) in [5, 5.41) is 4.41. The second-order valence-electron chi connectivity index (χ2n) is 9.25. The predicted octanol–water partition coefficient (Wildman–Crippen LogP) is 6.91. The largest absolute Gasteiger partial charge is 0.418 e. The zero-order valence-electron chi connectivity index (χ0n) is 20.7. The lowest BCUT2D eigenvalue weighted by atomic mass is 9.93. The van der Waals surface area contributed by atoms with Crippen molar-refractivity contribution in [1.82, 2.24) is 9.71 Å². The molecule has 0 bridgehead atoms. The molecule has 1 fully saturated rings. The summed E-state index contributed by atoms with van der Waals surface area (Å²) in [5.41, 5.74) is -0.0356.